The van der Waals surface area contributed by atoms with Crippen LogP contribution in [-0.2, 0) is 6.42 Å². The van der Waals surface area contributed by atoms with Crippen molar-refractivity contribution in [2.75, 3.05) is 7.11 Å². The zero-order chi connectivity index (χ0) is 13.9. The normalized spacial score (nSPS) is 21.1. The summed E-state index contributed by atoms with van der Waals surface area (Å²) in [5, 5.41) is 10.5. The molecular weight excluding hydrogens is 252 g/mol. The Labute approximate surface area is 118 Å². The van der Waals surface area contributed by atoms with E-state index in [1.165, 1.54) is 0 Å². The van der Waals surface area contributed by atoms with E-state index in [2.05, 4.69) is 0 Å². The first-order chi connectivity index (χ1) is 9.78. The third-order valence-corrected chi connectivity index (χ3v) is 3.75. The maximum absolute atomic E-state index is 10.5. The second kappa shape index (κ2) is 5.55. The molecule has 0 heterocycles. The van der Waals surface area contributed by atoms with Gasteiger partial charge < -0.3 is 14.6 Å². The van der Waals surface area contributed by atoms with Gasteiger partial charge in [-0.2, -0.15) is 0 Å². The molecule has 0 bridgehead atoms. The molecule has 2 atom stereocenters. The number of methoxy groups -OCH3 is 1. The summed E-state index contributed by atoms with van der Waals surface area (Å²) >= 11 is 0. The van der Waals surface area contributed by atoms with Crippen molar-refractivity contribution in [2.24, 2.45) is 0 Å². The van der Waals surface area contributed by atoms with Gasteiger partial charge in [-0.3, -0.25) is 0 Å². The number of benzene rings is 2. The predicted octanol–water partition coefficient (Wildman–Crippen LogP) is 3.12. The quantitative estimate of drug-likeness (QED) is 0.931. The van der Waals surface area contributed by atoms with Crippen LogP contribution in [0.3, 0.4) is 0 Å². The molecule has 0 radical (unpaired) electrons. The summed E-state index contributed by atoms with van der Waals surface area (Å²) in [6, 6.07) is 15.5. The van der Waals surface area contributed by atoms with E-state index in [1.54, 1.807) is 7.11 Å². The highest BCUT2D eigenvalue weighted by molar-refractivity contribution is 5.39. The maximum Gasteiger partial charge on any atom is 0.129 e. The Balaban J connectivity index is 1.80. The molecule has 0 amide bonds. The van der Waals surface area contributed by atoms with Crippen LogP contribution in [-0.4, -0.2) is 18.3 Å². The van der Waals surface area contributed by atoms with Gasteiger partial charge in [0.05, 0.1) is 7.11 Å². The zero-order valence-electron chi connectivity index (χ0n) is 11.5. The Bertz CT molecular complexity index is 580. The van der Waals surface area contributed by atoms with E-state index in [0.29, 0.717) is 0 Å². The van der Waals surface area contributed by atoms with Gasteiger partial charge in [-0.25, -0.2) is 0 Å². The Hall–Kier alpha value is -2.00. The van der Waals surface area contributed by atoms with Gasteiger partial charge >= 0.3 is 0 Å². The van der Waals surface area contributed by atoms with E-state index in [-0.39, 0.29) is 6.10 Å². The van der Waals surface area contributed by atoms with E-state index < -0.39 is 6.10 Å². The maximum atomic E-state index is 10.5. The zero-order valence-corrected chi connectivity index (χ0v) is 11.5. The summed E-state index contributed by atoms with van der Waals surface area (Å²) in [7, 11) is 1.66. The van der Waals surface area contributed by atoms with E-state index in [9.17, 15) is 5.11 Å². The van der Waals surface area contributed by atoms with E-state index in [0.717, 1.165) is 35.5 Å². The van der Waals surface area contributed by atoms with Crippen molar-refractivity contribution >= 4 is 0 Å². The minimum Gasteiger partial charge on any atom is -0.497 e. The Morgan fingerprint density at radius 2 is 1.85 bits per heavy atom. The van der Waals surface area contributed by atoms with E-state index >= 15 is 0 Å². The molecule has 1 N–H and O–H groups in total. The molecule has 2 unspecified atom stereocenters. The fraction of sp³-hybridized carbons (Fsp3) is 0.294. The monoisotopic (exact) mass is 270 g/mol. The van der Waals surface area contributed by atoms with Gasteiger partial charge in [0.15, 0.2) is 0 Å². The van der Waals surface area contributed by atoms with Gasteiger partial charge in [0.1, 0.15) is 23.7 Å². The molecule has 0 fully saturated rings. The van der Waals surface area contributed by atoms with Gasteiger partial charge in [-0.1, -0.05) is 24.3 Å². The summed E-state index contributed by atoms with van der Waals surface area (Å²) in [6.45, 7) is 0. The molecule has 0 saturated heterocycles. The van der Waals surface area contributed by atoms with Crippen molar-refractivity contribution < 1.29 is 14.6 Å². The fourth-order valence-corrected chi connectivity index (χ4v) is 2.67. The summed E-state index contributed by atoms with van der Waals surface area (Å²) in [4.78, 5) is 0. The number of para-hydroxylation sites is 1. The minimum atomic E-state index is -0.593. The van der Waals surface area contributed by atoms with Crippen LogP contribution in [0.1, 0.15) is 23.7 Å². The molecule has 20 heavy (non-hydrogen) atoms. The van der Waals surface area contributed by atoms with Crippen LogP contribution in [0.4, 0.5) is 0 Å². The molecule has 3 rings (SSSR count). The van der Waals surface area contributed by atoms with Gasteiger partial charge in [0.25, 0.3) is 0 Å². The highest BCUT2D eigenvalue weighted by atomic mass is 16.5. The van der Waals surface area contributed by atoms with Crippen molar-refractivity contribution in [3.63, 3.8) is 0 Å². The predicted molar refractivity (Wildman–Crippen MR) is 77.1 cm³/mol. The average Bonchev–Trinajstić information content (AvgIpc) is 2.51. The van der Waals surface area contributed by atoms with Crippen molar-refractivity contribution in [1.29, 1.82) is 0 Å². The lowest BCUT2D eigenvalue weighted by atomic mass is 9.87. The molecule has 2 aromatic rings. The Morgan fingerprint density at radius 1 is 1.05 bits per heavy atom. The van der Waals surface area contributed by atoms with Crippen molar-refractivity contribution in [2.45, 2.75) is 25.0 Å². The smallest absolute Gasteiger partial charge is 0.129 e. The average molecular weight is 270 g/mol. The summed E-state index contributed by atoms with van der Waals surface area (Å²) in [5.74, 6) is 1.63. The molecule has 0 aromatic heterocycles. The number of aryl methyl sites for hydroxylation is 1. The first-order valence-corrected chi connectivity index (χ1v) is 6.84. The summed E-state index contributed by atoms with van der Waals surface area (Å²) in [6.07, 6.45) is 0.903. The van der Waals surface area contributed by atoms with Crippen LogP contribution >= 0.6 is 0 Å². The van der Waals surface area contributed by atoms with Gasteiger partial charge in [0, 0.05) is 0 Å². The van der Waals surface area contributed by atoms with Gasteiger partial charge in [-0.05, 0) is 48.2 Å². The molecule has 2 aromatic carbocycles. The van der Waals surface area contributed by atoms with Crippen LogP contribution in [0, 0.1) is 0 Å². The van der Waals surface area contributed by atoms with Crippen LogP contribution in [0.5, 0.6) is 11.5 Å². The molecule has 0 spiro atoms. The van der Waals surface area contributed by atoms with Crippen molar-refractivity contribution in [3.05, 3.63) is 59.7 Å². The highest BCUT2D eigenvalue weighted by Gasteiger charge is 2.29. The van der Waals surface area contributed by atoms with Gasteiger partial charge in [-0.15, -0.1) is 0 Å². The third kappa shape index (κ3) is 2.49. The Kier molecular flexibility index (Phi) is 3.61. The summed E-state index contributed by atoms with van der Waals surface area (Å²) < 4.78 is 11.1. The number of rotatable bonds is 3. The van der Waals surface area contributed by atoms with Crippen LogP contribution in [0.2, 0.25) is 0 Å². The number of aliphatic hydroxyl groups is 1. The largest absolute Gasteiger partial charge is 0.497 e. The molecule has 1 aliphatic carbocycles. The lowest BCUT2D eigenvalue weighted by Gasteiger charge is -2.30. The summed E-state index contributed by atoms with van der Waals surface area (Å²) in [5.41, 5.74) is 2.09. The van der Waals surface area contributed by atoms with Crippen LogP contribution in [0.25, 0.3) is 0 Å². The third-order valence-electron chi connectivity index (χ3n) is 3.75. The number of hydrogen-bond acceptors (Lipinski definition) is 3. The second-order valence-electron chi connectivity index (χ2n) is 5.02. The van der Waals surface area contributed by atoms with Crippen LogP contribution < -0.4 is 9.47 Å². The van der Waals surface area contributed by atoms with E-state index in [1.807, 2.05) is 48.5 Å². The molecule has 104 valence electrons. The molecule has 3 heteroatoms. The van der Waals surface area contributed by atoms with E-state index in [4.69, 9.17) is 9.47 Å². The number of hydrogen-bond donors (Lipinski definition) is 1. The lowest BCUT2D eigenvalue weighted by molar-refractivity contribution is 0.0230. The lowest BCUT2D eigenvalue weighted by Crippen LogP contribution is -2.30. The topological polar surface area (TPSA) is 38.7 Å². The van der Waals surface area contributed by atoms with Crippen molar-refractivity contribution in [1.82, 2.24) is 0 Å². The van der Waals surface area contributed by atoms with Crippen molar-refractivity contribution in [3.8, 4) is 11.5 Å². The molecular formula is C17H18O3. The first kappa shape index (κ1) is 13.0. The number of fused-ring (bicyclic) bond motifs is 1. The molecule has 0 aliphatic heterocycles. The molecule has 0 saturated carbocycles. The Morgan fingerprint density at radius 3 is 2.60 bits per heavy atom. The highest BCUT2D eigenvalue weighted by Crippen LogP contribution is 2.34. The second-order valence-corrected chi connectivity index (χ2v) is 5.02. The number of aliphatic hydroxyl groups excluding tert-OH is 1. The number of ether oxygens (including phenoxy) is 2. The molecule has 1 aliphatic rings. The standard InChI is InChI=1S/C17H18O3/c1-19-14-8-9-15-12(11-14)7-10-16(17(15)18)20-13-5-3-2-4-6-13/h2-6,8-9,11,16-18H,7,10H2,1H3. The fourth-order valence-electron chi connectivity index (χ4n) is 2.67. The van der Waals surface area contributed by atoms with Gasteiger partial charge in [0.2, 0.25) is 0 Å². The minimum absolute atomic E-state index is 0.196. The SMILES string of the molecule is COc1ccc2c(c1)CCC(Oc1ccccc1)C2O. The van der Waals surface area contributed by atoms with Crippen LogP contribution in [0.15, 0.2) is 48.5 Å². The first-order valence-electron chi connectivity index (χ1n) is 6.84. The molecule has 3 nitrogen and oxygen atoms in total.